The molecule has 0 aliphatic rings. The van der Waals surface area contributed by atoms with Gasteiger partial charge in [0.1, 0.15) is 5.01 Å². The summed E-state index contributed by atoms with van der Waals surface area (Å²) in [7, 11) is 0. The minimum atomic E-state index is -0.348. The number of thiazole rings is 1. The molecule has 0 atom stereocenters. The van der Waals surface area contributed by atoms with E-state index in [-0.39, 0.29) is 11.7 Å². The van der Waals surface area contributed by atoms with Crippen molar-refractivity contribution in [2.75, 3.05) is 5.75 Å². The molecule has 108 valence electrons. The van der Waals surface area contributed by atoms with Gasteiger partial charge >= 0.3 is 0 Å². The number of carbonyl (C=O) groups excluding carboxylic acids is 1. The number of rotatable bonds is 6. The monoisotopic (exact) mass is 354 g/mol. The lowest BCUT2D eigenvalue weighted by molar-refractivity contribution is -0.115. The summed E-state index contributed by atoms with van der Waals surface area (Å²) in [6.07, 6.45) is 0. The van der Waals surface area contributed by atoms with Crippen molar-refractivity contribution in [3.63, 3.8) is 0 Å². The van der Waals surface area contributed by atoms with Crippen molar-refractivity contribution in [2.45, 2.75) is 14.4 Å². The molecule has 3 aromatic rings. The lowest BCUT2D eigenvalue weighted by Crippen LogP contribution is -2.12. The second kappa shape index (κ2) is 6.73. The Balaban J connectivity index is 1.60. The summed E-state index contributed by atoms with van der Waals surface area (Å²) in [4.78, 5) is 15.3. The summed E-state index contributed by atoms with van der Waals surface area (Å²) < 4.78 is 2.84. The van der Waals surface area contributed by atoms with Gasteiger partial charge < -0.3 is 5.73 Å². The number of carbonyl (C=O) groups is 1. The first-order valence-electron chi connectivity index (χ1n) is 5.92. The van der Waals surface area contributed by atoms with Gasteiger partial charge in [-0.15, -0.1) is 21.5 Å². The summed E-state index contributed by atoms with van der Waals surface area (Å²) in [5, 5.41) is 9.20. The van der Waals surface area contributed by atoms with Crippen LogP contribution in [0.1, 0.15) is 5.01 Å². The van der Waals surface area contributed by atoms with E-state index in [0.717, 1.165) is 25.0 Å². The zero-order valence-electron chi connectivity index (χ0n) is 10.7. The highest BCUT2D eigenvalue weighted by molar-refractivity contribution is 8.03. The number of nitrogens with zero attached hydrogens (tertiary/aromatic N) is 3. The molecule has 3 rings (SSSR count). The van der Waals surface area contributed by atoms with Crippen LogP contribution in [0.15, 0.2) is 32.9 Å². The fourth-order valence-corrected chi connectivity index (χ4v) is 5.27. The number of hydrogen-bond acceptors (Lipinski definition) is 8. The zero-order chi connectivity index (χ0) is 14.7. The van der Waals surface area contributed by atoms with Gasteiger partial charge in [-0.1, -0.05) is 47.0 Å². The first-order valence-corrected chi connectivity index (χ1v) is 9.53. The number of nitrogens with two attached hydrogens (primary N) is 1. The van der Waals surface area contributed by atoms with Crippen molar-refractivity contribution in [1.29, 1.82) is 0 Å². The van der Waals surface area contributed by atoms with Crippen LogP contribution in [0.2, 0.25) is 0 Å². The molecule has 0 bridgehead atoms. The molecule has 0 radical (unpaired) electrons. The van der Waals surface area contributed by atoms with Gasteiger partial charge in [0.2, 0.25) is 5.91 Å². The van der Waals surface area contributed by atoms with Crippen LogP contribution in [0.3, 0.4) is 0 Å². The molecule has 2 heterocycles. The fourth-order valence-electron chi connectivity index (χ4n) is 1.55. The van der Waals surface area contributed by atoms with Gasteiger partial charge in [0.15, 0.2) is 8.68 Å². The molecule has 0 saturated carbocycles. The van der Waals surface area contributed by atoms with Gasteiger partial charge in [0.05, 0.1) is 21.7 Å². The maximum Gasteiger partial charge on any atom is 0.227 e. The van der Waals surface area contributed by atoms with Crippen LogP contribution in [-0.4, -0.2) is 26.8 Å². The van der Waals surface area contributed by atoms with E-state index in [0.29, 0.717) is 0 Å². The first-order chi connectivity index (χ1) is 10.2. The Kier molecular flexibility index (Phi) is 4.73. The van der Waals surface area contributed by atoms with Crippen LogP contribution in [-0.2, 0) is 10.5 Å². The lowest BCUT2D eigenvalue weighted by atomic mass is 10.3. The molecule has 5 nitrogen and oxygen atoms in total. The van der Waals surface area contributed by atoms with Crippen molar-refractivity contribution in [1.82, 2.24) is 15.2 Å². The molecule has 9 heteroatoms. The Bertz CT molecular complexity index is 736. The third-order valence-electron chi connectivity index (χ3n) is 2.38. The average molecular weight is 355 g/mol. The largest absolute Gasteiger partial charge is 0.369 e. The number of primary amides is 1. The first kappa shape index (κ1) is 14.8. The SMILES string of the molecule is NC(=O)CSc1nnc(SCc2nc3ccccc3s2)s1. The van der Waals surface area contributed by atoms with E-state index in [4.69, 9.17) is 5.73 Å². The number of hydrogen-bond donors (Lipinski definition) is 1. The molecule has 1 aromatic carbocycles. The Morgan fingerprint density at radius 2 is 1.90 bits per heavy atom. The minimum absolute atomic E-state index is 0.233. The van der Waals surface area contributed by atoms with Crippen molar-refractivity contribution >= 4 is 62.3 Å². The Morgan fingerprint density at radius 3 is 2.67 bits per heavy atom. The molecule has 0 aliphatic carbocycles. The summed E-state index contributed by atoms with van der Waals surface area (Å²) in [5.74, 6) is 0.657. The van der Waals surface area contributed by atoms with E-state index in [1.165, 1.54) is 27.8 Å². The lowest BCUT2D eigenvalue weighted by Gasteiger charge is -1.91. The Labute approximate surface area is 137 Å². The highest BCUT2D eigenvalue weighted by Gasteiger charge is 2.09. The summed E-state index contributed by atoms with van der Waals surface area (Å²) in [6.45, 7) is 0. The minimum Gasteiger partial charge on any atom is -0.369 e. The number of amides is 1. The van der Waals surface area contributed by atoms with Crippen molar-refractivity contribution in [2.24, 2.45) is 5.73 Å². The highest BCUT2D eigenvalue weighted by atomic mass is 32.2. The molecule has 2 aromatic heterocycles. The Hall–Kier alpha value is -1.16. The molecule has 21 heavy (non-hydrogen) atoms. The van der Waals surface area contributed by atoms with E-state index in [1.807, 2.05) is 18.2 Å². The van der Waals surface area contributed by atoms with E-state index in [2.05, 4.69) is 21.2 Å². The molecule has 0 fully saturated rings. The third-order valence-corrected chi connectivity index (χ3v) is 6.83. The van der Waals surface area contributed by atoms with Crippen LogP contribution in [0.5, 0.6) is 0 Å². The normalized spacial score (nSPS) is 11.0. The highest BCUT2D eigenvalue weighted by Crippen LogP contribution is 2.32. The predicted octanol–water partition coefficient (Wildman–Crippen LogP) is 3.02. The van der Waals surface area contributed by atoms with Crippen LogP contribution >= 0.6 is 46.2 Å². The van der Waals surface area contributed by atoms with E-state index >= 15 is 0 Å². The van der Waals surface area contributed by atoms with Crippen molar-refractivity contribution < 1.29 is 4.79 Å². The summed E-state index contributed by atoms with van der Waals surface area (Å²) in [5.41, 5.74) is 6.14. The van der Waals surface area contributed by atoms with E-state index in [1.54, 1.807) is 23.1 Å². The average Bonchev–Trinajstić information content (AvgIpc) is 3.09. The van der Waals surface area contributed by atoms with E-state index < -0.39 is 0 Å². The second-order valence-electron chi connectivity index (χ2n) is 3.95. The van der Waals surface area contributed by atoms with Gasteiger partial charge in [0, 0.05) is 0 Å². The van der Waals surface area contributed by atoms with Gasteiger partial charge in [-0.25, -0.2) is 4.98 Å². The smallest absolute Gasteiger partial charge is 0.227 e. The van der Waals surface area contributed by atoms with Gasteiger partial charge in [0.25, 0.3) is 0 Å². The zero-order valence-corrected chi connectivity index (χ0v) is 13.9. The standard InChI is InChI=1S/C12H10N4OS4/c13-9(17)5-18-11-15-16-12(21-11)19-6-10-14-7-3-1-2-4-8(7)20-10/h1-4H,5-6H2,(H2,13,17). The van der Waals surface area contributed by atoms with Crippen LogP contribution < -0.4 is 5.73 Å². The molecule has 0 unspecified atom stereocenters. The Morgan fingerprint density at radius 1 is 1.14 bits per heavy atom. The fraction of sp³-hybridized carbons (Fsp3) is 0.167. The van der Waals surface area contributed by atoms with Crippen LogP contribution in [0.25, 0.3) is 10.2 Å². The van der Waals surface area contributed by atoms with E-state index in [9.17, 15) is 4.79 Å². The van der Waals surface area contributed by atoms with Crippen molar-refractivity contribution in [3.05, 3.63) is 29.3 Å². The molecule has 0 aliphatic heterocycles. The third kappa shape index (κ3) is 3.94. The molecular weight excluding hydrogens is 344 g/mol. The molecular formula is C12H10N4OS4. The topological polar surface area (TPSA) is 81.8 Å². The second-order valence-corrected chi connectivity index (χ2v) is 8.49. The van der Waals surface area contributed by atoms with Gasteiger partial charge in [-0.3, -0.25) is 4.79 Å². The maximum absolute atomic E-state index is 10.7. The number of para-hydroxylation sites is 1. The number of thioether (sulfide) groups is 2. The van der Waals surface area contributed by atoms with Crippen molar-refractivity contribution in [3.8, 4) is 0 Å². The number of aromatic nitrogens is 3. The predicted molar refractivity (Wildman–Crippen MR) is 89.0 cm³/mol. The quantitative estimate of drug-likeness (QED) is 0.685. The van der Waals surface area contributed by atoms with Gasteiger partial charge in [-0.05, 0) is 12.1 Å². The summed E-state index contributed by atoms with van der Waals surface area (Å²) in [6, 6.07) is 8.10. The van der Waals surface area contributed by atoms with Crippen LogP contribution in [0, 0.1) is 0 Å². The van der Waals surface area contributed by atoms with Crippen LogP contribution in [0.4, 0.5) is 0 Å². The number of benzene rings is 1. The maximum atomic E-state index is 10.7. The molecule has 2 N–H and O–H groups in total. The summed E-state index contributed by atoms with van der Waals surface area (Å²) >= 11 is 6.10. The molecule has 1 amide bonds. The number of fused-ring (bicyclic) bond motifs is 1. The molecule has 0 spiro atoms. The molecule has 0 saturated heterocycles. The van der Waals surface area contributed by atoms with Gasteiger partial charge in [-0.2, -0.15) is 0 Å².